The Morgan fingerprint density at radius 1 is 1.17 bits per heavy atom. The molecule has 2 unspecified atom stereocenters. The lowest BCUT2D eigenvalue weighted by Crippen LogP contribution is -2.56. The zero-order chi connectivity index (χ0) is 17.1. The van der Waals surface area contributed by atoms with Crippen molar-refractivity contribution in [3.05, 3.63) is 11.6 Å². The number of hydrogen-bond donors (Lipinski definition) is 1. The molecule has 0 aromatic heterocycles. The number of aliphatic hydroxyl groups excluding tert-OH is 1. The third-order valence-electron chi connectivity index (χ3n) is 8.01. The summed E-state index contributed by atoms with van der Waals surface area (Å²) >= 11 is 3.50. The van der Waals surface area contributed by atoms with Crippen LogP contribution in [0.15, 0.2) is 11.6 Å². The summed E-state index contributed by atoms with van der Waals surface area (Å²) in [5, 5.41) is 11.5. The third kappa shape index (κ3) is 2.11. The Bertz CT molecular complexity index is 612. The van der Waals surface area contributed by atoms with E-state index in [2.05, 4.69) is 22.9 Å². The van der Waals surface area contributed by atoms with Gasteiger partial charge < -0.3 is 5.11 Å². The van der Waals surface area contributed by atoms with Crippen molar-refractivity contribution in [3.8, 4) is 0 Å². The van der Waals surface area contributed by atoms with Crippen molar-refractivity contribution in [1.29, 1.82) is 0 Å². The van der Waals surface area contributed by atoms with Crippen LogP contribution in [0.2, 0.25) is 0 Å². The third-order valence-corrected chi connectivity index (χ3v) is 8.63. The van der Waals surface area contributed by atoms with Crippen molar-refractivity contribution >= 4 is 27.5 Å². The summed E-state index contributed by atoms with van der Waals surface area (Å²) in [5.41, 5.74) is 0.820. The van der Waals surface area contributed by atoms with Crippen LogP contribution in [-0.2, 0) is 9.59 Å². The van der Waals surface area contributed by atoms with Crippen LogP contribution in [-0.4, -0.2) is 28.1 Å². The molecular formula is C20H27BrO3. The number of carbonyl (C=O) groups is 2. The second kappa shape index (κ2) is 5.77. The van der Waals surface area contributed by atoms with E-state index in [0.29, 0.717) is 35.3 Å². The number of aliphatic hydroxyl groups is 1. The SMILES string of the molecule is C[C@]12CC[C@H]3[C@@H](CCC4=CC(=O)CCC43C(O)CBr)[C@@H]1CCC2=O. The topological polar surface area (TPSA) is 54.4 Å². The van der Waals surface area contributed by atoms with Gasteiger partial charge >= 0.3 is 0 Å². The number of ketones is 2. The first-order valence-electron chi connectivity index (χ1n) is 9.44. The zero-order valence-corrected chi connectivity index (χ0v) is 16.0. The highest BCUT2D eigenvalue weighted by Crippen LogP contribution is 2.65. The van der Waals surface area contributed by atoms with E-state index in [-0.39, 0.29) is 16.6 Å². The Kier molecular flexibility index (Phi) is 4.08. The predicted molar refractivity (Wildman–Crippen MR) is 95.8 cm³/mol. The van der Waals surface area contributed by atoms with E-state index in [1.54, 1.807) is 0 Å². The van der Waals surface area contributed by atoms with Gasteiger partial charge in [0.25, 0.3) is 0 Å². The molecule has 4 aliphatic carbocycles. The summed E-state index contributed by atoms with van der Waals surface area (Å²) in [6.07, 6.45) is 8.46. The van der Waals surface area contributed by atoms with Crippen molar-refractivity contribution in [1.82, 2.24) is 0 Å². The molecule has 4 heteroatoms. The van der Waals surface area contributed by atoms with E-state index in [1.165, 1.54) is 5.57 Å². The lowest BCUT2D eigenvalue weighted by atomic mass is 9.46. The molecule has 4 aliphatic rings. The minimum absolute atomic E-state index is 0.132. The van der Waals surface area contributed by atoms with Crippen LogP contribution >= 0.6 is 15.9 Å². The molecule has 132 valence electrons. The van der Waals surface area contributed by atoms with Crippen LogP contribution in [0.4, 0.5) is 0 Å². The first kappa shape index (κ1) is 17.0. The summed E-state index contributed by atoms with van der Waals surface area (Å²) in [7, 11) is 0. The number of carbonyl (C=O) groups excluding carboxylic acids is 2. The summed E-state index contributed by atoms with van der Waals surface area (Å²) in [4.78, 5) is 24.5. The van der Waals surface area contributed by atoms with E-state index in [1.807, 2.05) is 6.08 Å². The van der Waals surface area contributed by atoms with Gasteiger partial charge in [0.2, 0.25) is 0 Å². The largest absolute Gasteiger partial charge is 0.391 e. The van der Waals surface area contributed by atoms with Gasteiger partial charge in [0.15, 0.2) is 5.78 Å². The minimum Gasteiger partial charge on any atom is -0.391 e. The lowest BCUT2D eigenvalue weighted by Gasteiger charge is -2.59. The van der Waals surface area contributed by atoms with Gasteiger partial charge in [-0.15, -0.1) is 0 Å². The number of halogens is 1. The lowest BCUT2D eigenvalue weighted by molar-refractivity contribution is -0.136. The van der Waals surface area contributed by atoms with Crippen LogP contribution in [0.1, 0.15) is 58.3 Å². The van der Waals surface area contributed by atoms with Gasteiger partial charge in [-0.25, -0.2) is 0 Å². The Hall–Kier alpha value is -0.480. The molecule has 0 aliphatic heterocycles. The fourth-order valence-electron chi connectivity index (χ4n) is 6.81. The Morgan fingerprint density at radius 3 is 2.71 bits per heavy atom. The number of fused-ring (bicyclic) bond motifs is 5. The average Bonchev–Trinajstić information content (AvgIpc) is 2.89. The highest BCUT2D eigenvalue weighted by Gasteiger charge is 2.61. The molecule has 6 atom stereocenters. The molecule has 0 bridgehead atoms. The van der Waals surface area contributed by atoms with Crippen LogP contribution in [0.25, 0.3) is 0 Å². The quantitative estimate of drug-likeness (QED) is 0.724. The maximum absolute atomic E-state index is 12.5. The molecule has 0 spiro atoms. The van der Waals surface area contributed by atoms with Gasteiger partial charge in [-0.3, -0.25) is 9.59 Å². The van der Waals surface area contributed by atoms with Gasteiger partial charge in [-0.2, -0.15) is 0 Å². The van der Waals surface area contributed by atoms with Gasteiger partial charge in [-0.05, 0) is 62.4 Å². The van der Waals surface area contributed by atoms with E-state index < -0.39 is 6.10 Å². The number of alkyl halides is 1. The molecule has 0 aromatic rings. The normalized spacial score (nSPS) is 46.0. The summed E-state index contributed by atoms with van der Waals surface area (Å²) in [6, 6.07) is 0. The Morgan fingerprint density at radius 2 is 1.96 bits per heavy atom. The van der Waals surface area contributed by atoms with Gasteiger partial charge in [0, 0.05) is 29.0 Å². The molecule has 1 N–H and O–H groups in total. The molecule has 0 heterocycles. The summed E-state index contributed by atoms with van der Waals surface area (Å²) in [6.45, 7) is 2.19. The van der Waals surface area contributed by atoms with Gasteiger partial charge in [-0.1, -0.05) is 28.4 Å². The monoisotopic (exact) mass is 394 g/mol. The predicted octanol–water partition coefficient (Wildman–Crippen LogP) is 3.82. The van der Waals surface area contributed by atoms with Crippen molar-refractivity contribution in [2.45, 2.75) is 64.4 Å². The van der Waals surface area contributed by atoms with Crippen molar-refractivity contribution in [3.63, 3.8) is 0 Å². The van der Waals surface area contributed by atoms with Crippen molar-refractivity contribution in [2.75, 3.05) is 5.33 Å². The average molecular weight is 395 g/mol. The number of hydrogen-bond acceptors (Lipinski definition) is 3. The Labute approximate surface area is 152 Å². The maximum atomic E-state index is 12.5. The second-order valence-corrected chi connectivity index (χ2v) is 9.33. The molecule has 4 rings (SSSR count). The van der Waals surface area contributed by atoms with Gasteiger partial charge in [0.1, 0.15) is 5.78 Å². The Balaban J connectivity index is 1.76. The standard InChI is InChI=1S/C20H27BrO3/c1-19-8-7-16-14(15(19)4-5-17(19)23)3-2-12-10-13(22)6-9-20(12,16)18(24)11-21/h10,14-16,18,24H,2-9,11H2,1H3/t14-,15-,16-,18?,19-,20?/m0/s1. The van der Waals surface area contributed by atoms with E-state index >= 15 is 0 Å². The van der Waals surface area contributed by atoms with E-state index in [4.69, 9.17) is 0 Å². The van der Waals surface area contributed by atoms with E-state index in [0.717, 1.165) is 44.9 Å². The molecule has 0 radical (unpaired) electrons. The fraction of sp³-hybridized carbons (Fsp3) is 0.800. The molecule has 3 saturated carbocycles. The second-order valence-electron chi connectivity index (χ2n) is 8.68. The molecule has 0 saturated heterocycles. The summed E-state index contributed by atoms with van der Waals surface area (Å²) < 4.78 is 0. The molecular weight excluding hydrogens is 368 g/mol. The molecule has 0 aromatic carbocycles. The maximum Gasteiger partial charge on any atom is 0.155 e. The van der Waals surface area contributed by atoms with Crippen molar-refractivity contribution < 1.29 is 14.7 Å². The minimum atomic E-state index is -0.439. The van der Waals surface area contributed by atoms with Crippen LogP contribution in [0, 0.1) is 28.6 Å². The van der Waals surface area contributed by atoms with E-state index in [9.17, 15) is 14.7 Å². The molecule has 3 fully saturated rings. The highest BCUT2D eigenvalue weighted by molar-refractivity contribution is 9.09. The highest BCUT2D eigenvalue weighted by atomic mass is 79.9. The molecule has 24 heavy (non-hydrogen) atoms. The van der Waals surface area contributed by atoms with Crippen LogP contribution < -0.4 is 0 Å². The van der Waals surface area contributed by atoms with Crippen molar-refractivity contribution in [2.24, 2.45) is 28.6 Å². The first-order chi connectivity index (χ1) is 11.4. The first-order valence-corrected chi connectivity index (χ1v) is 10.6. The fourth-order valence-corrected chi connectivity index (χ4v) is 7.39. The number of rotatable bonds is 2. The summed E-state index contributed by atoms with van der Waals surface area (Å²) in [5.74, 6) is 2.09. The molecule has 0 amide bonds. The zero-order valence-electron chi connectivity index (χ0n) is 14.4. The van der Waals surface area contributed by atoms with Crippen LogP contribution in [0.5, 0.6) is 0 Å². The number of Topliss-reactive ketones (excluding diaryl/α,β-unsaturated/α-hetero) is 1. The molecule has 3 nitrogen and oxygen atoms in total. The van der Waals surface area contributed by atoms with Crippen LogP contribution in [0.3, 0.4) is 0 Å². The smallest absolute Gasteiger partial charge is 0.155 e. The van der Waals surface area contributed by atoms with Gasteiger partial charge in [0.05, 0.1) is 6.10 Å².